The van der Waals surface area contributed by atoms with Crippen molar-refractivity contribution in [3.63, 3.8) is 0 Å². The van der Waals surface area contributed by atoms with Crippen LogP contribution in [0.15, 0.2) is 18.2 Å². The molecule has 0 spiro atoms. The zero-order valence-corrected chi connectivity index (χ0v) is 11.9. The van der Waals surface area contributed by atoms with Crippen LogP contribution in [0.2, 0.25) is 0 Å². The van der Waals surface area contributed by atoms with Gasteiger partial charge in [0.25, 0.3) is 0 Å². The predicted molar refractivity (Wildman–Crippen MR) is 71.9 cm³/mol. The normalized spacial score (nSPS) is 23.5. The van der Waals surface area contributed by atoms with Gasteiger partial charge >= 0.3 is 12.1 Å². The van der Waals surface area contributed by atoms with Gasteiger partial charge < -0.3 is 5.11 Å². The van der Waals surface area contributed by atoms with E-state index in [0.717, 1.165) is 16.7 Å². The van der Waals surface area contributed by atoms with E-state index in [9.17, 15) is 18.0 Å². The number of rotatable bonds is 3. The van der Waals surface area contributed by atoms with Gasteiger partial charge in [-0.2, -0.15) is 13.2 Å². The Hall–Kier alpha value is -1.56. The largest absolute Gasteiger partial charge is 0.481 e. The van der Waals surface area contributed by atoms with Crippen molar-refractivity contribution in [3.05, 3.63) is 34.9 Å². The maximum Gasteiger partial charge on any atom is 0.393 e. The molecule has 1 aromatic rings. The van der Waals surface area contributed by atoms with Gasteiger partial charge in [-0.25, -0.2) is 0 Å². The van der Waals surface area contributed by atoms with Crippen molar-refractivity contribution in [2.45, 2.75) is 26.6 Å². The first-order valence-corrected chi connectivity index (χ1v) is 6.76. The monoisotopic (exact) mass is 301 g/mol. The van der Waals surface area contributed by atoms with E-state index < -0.39 is 24.0 Å². The number of aryl methyl sites for hydroxylation is 2. The van der Waals surface area contributed by atoms with Crippen LogP contribution in [-0.4, -0.2) is 35.2 Å². The van der Waals surface area contributed by atoms with Crippen molar-refractivity contribution in [3.8, 4) is 0 Å². The number of hydrogen-bond donors (Lipinski definition) is 1. The standard InChI is InChI=1S/C15H18F3NO2/c1-9-3-4-10(2)11(5-9)6-19-7-12(14(20)21)13(8-19)15(16,17)18/h3-5,12-13H,6-8H2,1-2H3,(H,20,21)/t12-,13-/m1/s1. The number of nitrogens with zero attached hydrogens (tertiary/aromatic N) is 1. The molecule has 1 aliphatic heterocycles. The molecule has 0 radical (unpaired) electrons. The number of alkyl halides is 3. The summed E-state index contributed by atoms with van der Waals surface area (Å²) in [6.45, 7) is 3.86. The second-order valence-corrected chi connectivity index (χ2v) is 5.72. The van der Waals surface area contributed by atoms with E-state index in [-0.39, 0.29) is 13.1 Å². The fraction of sp³-hybridized carbons (Fsp3) is 0.533. The molecule has 0 aliphatic carbocycles. The number of likely N-dealkylation sites (tertiary alicyclic amines) is 1. The van der Waals surface area contributed by atoms with Crippen LogP contribution in [0.25, 0.3) is 0 Å². The zero-order chi connectivity index (χ0) is 15.8. The SMILES string of the molecule is Cc1ccc(C)c(CN2C[C@@H](C(F)(F)F)[C@H](C(=O)O)C2)c1. The first-order chi connectivity index (χ1) is 9.68. The third-order valence-corrected chi connectivity index (χ3v) is 4.03. The number of hydrogen-bond acceptors (Lipinski definition) is 2. The van der Waals surface area contributed by atoms with Crippen LogP contribution in [0.1, 0.15) is 16.7 Å². The van der Waals surface area contributed by atoms with Gasteiger partial charge in [0.05, 0.1) is 11.8 Å². The Kier molecular flexibility index (Phi) is 4.27. The van der Waals surface area contributed by atoms with Crippen LogP contribution in [0.4, 0.5) is 13.2 Å². The first-order valence-electron chi connectivity index (χ1n) is 6.76. The van der Waals surface area contributed by atoms with Crippen LogP contribution in [0, 0.1) is 25.7 Å². The molecule has 1 N–H and O–H groups in total. The van der Waals surface area contributed by atoms with Crippen LogP contribution < -0.4 is 0 Å². The molecule has 1 aromatic carbocycles. The summed E-state index contributed by atoms with van der Waals surface area (Å²) >= 11 is 0. The fourth-order valence-electron chi connectivity index (χ4n) is 2.81. The molecule has 21 heavy (non-hydrogen) atoms. The maximum atomic E-state index is 12.9. The third kappa shape index (κ3) is 3.56. The second kappa shape index (κ2) is 5.67. The van der Waals surface area contributed by atoms with Crippen molar-refractivity contribution in [2.24, 2.45) is 11.8 Å². The summed E-state index contributed by atoms with van der Waals surface area (Å²) in [7, 11) is 0. The third-order valence-electron chi connectivity index (χ3n) is 4.03. The van der Waals surface area contributed by atoms with Crippen LogP contribution in [0.5, 0.6) is 0 Å². The van der Waals surface area contributed by atoms with Gasteiger partial charge in [-0.05, 0) is 25.0 Å². The highest BCUT2D eigenvalue weighted by Gasteiger charge is 2.52. The van der Waals surface area contributed by atoms with E-state index >= 15 is 0 Å². The van der Waals surface area contributed by atoms with E-state index in [2.05, 4.69) is 0 Å². The minimum atomic E-state index is -4.47. The topological polar surface area (TPSA) is 40.5 Å². The summed E-state index contributed by atoms with van der Waals surface area (Å²) < 4.78 is 38.8. The minimum absolute atomic E-state index is 0.0626. The molecule has 0 unspecified atom stereocenters. The van der Waals surface area contributed by atoms with Crippen LogP contribution >= 0.6 is 0 Å². The average molecular weight is 301 g/mol. The summed E-state index contributed by atoms with van der Waals surface area (Å²) in [4.78, 5) is 12.6. The molecule has 0 saturated carbocycles. The highest BCUT2D eigenvalue weighted by Crippen LogP contribution is 2.38. The molecule has 1 saturated heterocycles. The lowest BCUT2D eigenvalue weighted by molar-refractivity contribution is -0.188. The summed E-state index contributed by atoms with van der Waals surface area (Å²) in [5.41, 5.74) is 2.99. The van der Waals surface area contributed by atoms with Crippen molar-refractivity contribution >= 4 is 5.97 Å². The van der Waals surface area contributed by atoms with Crippen molar-refractivity contribution in [2.75, 3.05) is 13.1 Å². The molecular weight excluding hydrogens is 283 g/mol. The van der Waals surface area contributed by atoms with Crippen LogP contribution in [0.3, 0.4) is 0 Å². The Balaban J connectivity index is 2.16. The van der Waals surface area contributed by atoms with Gasteiger partial charge in [0, 0.05) is 19.6 Å². The second-order valence-electron chi connectivity index (χ2n) is 5.72. The highest BCUT2D eigenvalue weighted by atomic mass is 19.4. The lowest BCUT2D eigenvalue weighted by Gasteiger charge is -2.19. The van der Waals surface area contributed by atoms with E-state index in [4.69, 9.17) is 5.11 Å². The van der Waals surface area contributed by atoms with Gasteiger partial charge in [-0.3, -0.25) is 9.69 Å². The quantitative estimate of drug-likeness (QED) is 0.933. The molecule has 2 atom stereocenters. The van der Waals surface area contributed by atoms with E-state index in [0.29, 0.717) is 6.54 Å². The highest BCUT2D eigenvalue weighted by molar-refractivity contribution is 5.71. The molecule has 0 aromatic heterocycles. The molecule has 116 valence electrons. The molecule has 2 rings (SSSR count). The van der Waals surface area contributed by atoms with Gasteiger partial charge in [-0.1, -0.05) is 23.8 Å². The molecule has 1 heterocycles. The fourth-order valence-corrected chi connectivity index (χ4v) is 2.81. The molecule has 0 bridgehead atoms. The minimum Gasteiger partial charge on any atom is -0.481 e. The predicted octanol–water partition coefficient (Wildman–Crippen LogP) is 3.00. The zero-order valence-electron chi connectivity index (χ0n) is 11.9. The summed E-state index contributed by atoms with van der Waals surface area (Å²) in [6.07, 6.45) is -4.47. The van der Waals surface area contributed by atoms with Crippen molar-refractivity contribution < 1.29 is 23.1 Å². The number of benzene rings is 1. The summed E-state index contributed by atoms with van der Waals surface area (Å²) in [5, 5.41) is 9.00. The van der Waals surface area contributed by atoms with Gasteiger partial charge in [0.2, 0.25) is 0 Å². The molecule has 6 heteroatoms. The smallest absolute Gasteiger partial charge is 0.393 e. The number of carbonyl (C=O) groups is 1. The summed E-state index contributed by atoms with van der Waals surface area (Å²) in [5.74, 6) is -4.55. The molecular formula is C15H18F3NO2. The van der Waals surface area contributed by atoms with Crippen LogP contribution in [-0.2, 0) is 11.3 Å². The Morgan fingerprint density at radius 1 is 1.33 bits per heavy atom. The van der Waals surface area contributed by atoms with Gasteiger partial charge in [0.15, 0.2) is 0 Å². The van der Waals surface area contributed by atoms with E-state index in [1.54, 1.807) is 4.90 Å². The van der Waals surface area contributed by atoms with E-state index in [1.807, 2.05) is 32.0 Å². The van der Waals surface area contributed by atoms with Crippen molar-refractivity contribution in [1.29, 1.82) is 0 Å². The Morgan fingerprint density at radius 3 is 2.52 bits per heavy atom. The first kappa shape index (κ1) is 15.8. The van der Waals surface area contributed by atoms with E-state index in [1.165, 1.54) is 0 Å². The Morgan fingerprint density at radius 2 is 2.00 bits per heavy atom. The molecule has 1 fully saturated rings. The number of carboxylic acids is 1. The number of aliphatic carboxylic acids is 1. The maximum absolute atomic E-state index is 12.9. The van der Waals surface area contributed by atoms with Gasteiger partial charge in [0.1, 0.15) is 0 Å². The Labute approximate surface area is 121 Å². The number of halogens is 3. The number of carboxylic acid groups (broad SMARTS) is 1. The molecule has 0 amide bonds. The lowest BCUT2D eigenvalue weighted by Crippen LogP contribution is -2.33. The Bertz CT molecular complexity index is 542. The lowest BCUT2D eigenvalue weighted by atomic mass is 9.96. The average Bonchev–Trinajstić information content (AvgIpc) is 2.78. The van der Waals surface area contributed by atoms with Crippen molar-refractivity contribution in [1.82, 2.24) is 4.90 Å². The summed E-state index contributed by atoms with van der Waals surface area (Å²) in [6, 6.07) is 5.81. The molecule has 3 nitrogen and oxygen atoms in total. The van der Waals surface area contributed by atoms with Gasteiger partial charge in [-0.15, -0.1) is 0 Å². The molecule has 1 aliphatic rings.